The highest BCUT2D eigenvalue weighted by atomic mass is 16.2. The lowest BCUT2D eigenvalue weighted by Crippen LogP contribution is -2.47. The zero-order valence-electron chi connectivity index (χ0n) is 11.7. The highest BCUT2D eigenvalue weighted by molar-refractivity contribution is 5.82. The number of nitrogens with zero attached hydrogens (tertiary/aromatic N) is 3. The van der Waals surface area contributed by atoms with E-state index in [1.54, 1.807) is 10.9 Å². The van der Waals surface area contributed by atoms with Crippen LogP contribution in [-0.2, 0) is 18.4 Å². The van der Waals surface area contributed by atoms with Gasteiger partial charge in [0.15, 0.2) is 5.82 Å². The summed E-state index contributed by atoms with van der Waals surface area (Å²) in [5, 5.41) is 10.7. The normalized spacial score (nSPS) is 27.2. The first kappa shape index (κ1) is 14.0. The summed E-state index contributed by atoms with van der Waals surface area (Å²) in [5.74, 6) is 1.51. The van der Waals surface area contributed by atoms with Crippen LogP contribution in [0.5, 0.6) is 0 Å². The van der Waals surface area contributed by atoms with E-state index in [1.807, 2.05) is 7.05 Å². The molecule has 106 valence electrons. The average molecular weight is 265 g/mol. The third kappa shape index (κ3) is 2.94. The second kappa shape index (κ2) is 5.69. The quantitative estimate of drug-likeness (QED) is 0.834. The minimum absolute atomic E-state index is 0.0601. The van der Waals surface area contributed by atoms with Crippen molar-refractivity contribution >= 4 is 5.91 Å². The molecule has 6 heteroatoms. The third-order valence-electron chi connectivity index (χ3n) is 4.32. The van der Waals surface area contributed by atoms with Crippen LogP contribution in [-0.4, -0.2) is 27.2 Å². The molecule has 1 aromatic heterocycles. The second-order valence-corrected chi connectivity index (χ2v) is 5.71. The number of carbonyl (C=O) groups is 1. The molecule has 19 heavy (non-hydrogen) atoms. The van der Waals surface area contributed by atoms with Crippen molar-refractivity contribution in [3.63, 3.8) is 0 Å². The Morgan fingerprint density at radius 1 is 1.58 bits per heavy atom. The van der Waals surface area contributed by atoms with Gasteiger partial charge in [0.05, 0.1) is 12.0 Å². The van der Waals surface area contributed by atoms with E-state index >= 15 is 0 Å². The number of aryl methyl sites for hydroxylation is 1. The molecule has 1 fully saturated rings. The van der Waals surface area contributed by atoms with E-state index in [0.717, 1.165) is 31.5 Å². The van der Waals surface area contributed by atoms with Gasteiger partial charge in [0.1, 0.15) is 6.33 Å². The molecule has 2 rings (SSSR count). The van der Waals surface area contributed by atoms with Crippen LogP contribution in [0, 0.1) is 11.3 Å². The highest BCUT2D eigenvalue weighted by Crippen LogP contribution is 2.38. The van der Waals surface area contributed by atoms with E-state index in [2.05, 4.69) is 22.4 Å². The van der Waals surface area contributed by atoms with Gasteiger partial charge in [-0.05, 0) is 31.6 Å². The predicted octanol–water partition coefficient (Wildman–Crippen LogP) is 0.587. The van der Waals surface area contributed by atoms with Crippen molar-refractivity contribution in [3.8, 4) is 0 Å². The van der Waals surface area contributed by atoms with Gasteiger partial charge in [-0.1, -0.05) is 6.92 Å². The van der Waals surface area contributed by atoms with Gasteiger partial charge in [-0.2, -0.15) is 0 Å². The Labute approximate surface area is 113 Å². The minimum Gasteiger partial charge on any atom is -0.348 e. The van der Waals surface area contributed by atoms with Crippen LogP contribution in [0.1, 0.15) is 38.4 Å². The van der Waals surface area contributed by atoms with Crippen LogP contribution in [0.15, 0.2) is 6.33 Å². The van der Waals surface area contributed by atoms with Crippen LogP contribution in [0.4, 0.5) is 0 Å². The van der Waals surface area contributed by atoms with Crippen LogP contribution in [0.2, 0.25) is 0 Å². The molecule has 0 unspecified atom stereocenters. The van der Waals surface area contributed by atoms with Crippen molar-refractivity contribution in [3.05, 3.63) is 12.2 Å². The number of aromatic nitrogens is 3. The summed E-state index contributed by atoms with van der Waals surface area (Å²) in [7, 11) is 1.86. The molecule has 3 N–H and O–H groups in total. The standard InChI is InChI=1S/C13H23N5O/c1-10-3-5-13(8-14,6-4-10)12(19)15-7-11-17-16-9-18(11)2/h9-10H,3-8,14H2,1-2H3,(H,15,19). The molecule has 0 aromatic carbocycles. The molecule has 0 saturated heterocycles. The Kier molecular flexibility index (Phi) is 4.19. The van der Waals surface area contributed by atoms with Gasteiger partial charge >= 0.3 is 0 Å². The minimum atomic E-state index is -0.384. The lowest BCUT2D eigenvalue weighted by Gasteiger charge is -2.37. The van der Waals surface area contributed by atoms with Crippen LogP contribution in [0.25, 0.3) is 0 Å². The molecule has 1 aliphatic carbocycles. The van der Waals surface area contributed by atoms with E-state index in [9.17, 15) is 4.79 Å². The number of hydrogen-bond donors (Lipinski definition) is 2. The summed E-state index contributed by atoms with van der Waals surface area (Å²) in [4.78, 5) is 12.4. The summed E-state index contributed by atoms with van der Waals surface area (Å²) >= 11 is 0. The van der Waals surface area contributed by atoms with Crippen LogP contribution in [0.3, 0.4) is 0 Å². The fourth-order valence-corrected chi connectivity index (χ4v) is 2.65. The smallest absolute Gasteiger partial charge is 0.227 e. The molecule has 1 aliphatic rings. The maximum atomic E-state index is 12.4. The first-order valence-electron chi connectivity index (χ1n) is 6.88. The fraction of sp³-hybridized carbons (Fsp3) is 0.769. The third-order valence-corrected chi connectivity index (χ3v) is 4.32. The highest BCUT2D eigenvalue weighted by Gasteiger charge is 2.39. The molecule has 0 spiro atoms. The molecular formula is C13H23N5O. The molecule has 1 saturated carbocycles. The van der Waals surface area contributed by atoms with Crippen molar-refractivity contribution < 1.29 is 4.79 Å². The molecule has 1 heterocycles. The molecule has 0 radical (unpaired) electrons. The lowest BCUT2D eigenvalue weighted by atomic mass is 9.70. The largest absolute Gasteiger partial charge is 0.348 e. The molecule has 1 amide bonds. The number of rotatable bonds is 4. The zero-order chi connectivity index (χ0) is 13.9. The van der Waals surface area contributed by atoms with Crippen molar-refractivity contribution in [1.82, 2.24) is 20.1 Å². The van der Waals surface area contributed by atoms with Gasteiger partial charge in [-0.3, -0.25) is 4.79 Å². The Balaban J connectivity index is 1.96. The zero-order valence-corrected chi connectivity index (χ0v) is 11.7. The van der Waals surface area contributed by atoms with Gasteiger partial charge in [0.2, 0.25) is 5.91 Å². The van der Waals surface area contributed by atoms with Gasteiger partial charge in [-0.25, -0.2) is 0 Å². The lowest BCUT2D eigenvalue weighted by molar-refractivity contribution is -0.133. The number of hydrogen-bond acceptors (Lipinski definition) is 4. The van der Waals surface area contributed by atoms with Crippen molar-refractivity contribution in [2.75, 3.05) is 6.54 Å². The topological polar surface area (TPSA) is 85.8 Å². The number of nitrogens with one attached hydrogen (secondary N) is 1. The van der Waals surface area contributed by atoms with Gasteiger partial charge in [-0.15, -0.1) is 10.2 Å². The van der Waals surface area contributed by atoms with Gasteiger partial charge < -0.3 is 15.6 Å². The fourth-order valence-electron chi connectivity index (χ4n) is 2.65. The van der Waals surface area contributed by atoms with Gasteiger partial charge in [0, 0.05) is 13.6 Å². The van der Waals surface area contributed by atoms with Crippen LogP contribution >= 0.6 is 0 Å². The Bertz CT molecular complexity index is 434. The maximum absolute atomic E-state index is 12.4. The Morgan fingerprint density at radius 2 is 2.26 bits per heavy atom. The van der Waals surface area contributed by atoms with Gasteiger partial charge in [0.25, 0.3) is 0 Å². The maximum Gasteiger partial charge on any atom is 0.227 e. The number of amides is 1. The monoisotopic (exact) mass is 265 g/mol. The Morgan fingerprint density at radius 3 is 2.79 bits per heavy atom. The summed E-state index contributed by atoms with van der Waals surface area (Å²) < 4.78 is 1.80. The van der Waals surface area contributed by atoms with E-state index in [0.29, 0.717) is 19.0 Å². The molecule has 0 bridgehead atoms. The van der Waals surface area contributed by atoms with E-state index < -0.39 is 0 Å². The second-order valence-electron chi connectivity index (χ2n) is 5.71. The van der Waals surface area contributed by atoms with E-state index in [1.165, 1.54) is 0 Å². The summed E-state index contributed by atoms with van der Waals surface area (Å²) in [6, 6.07) is 0. The predicted molar refractivity (Wildman–Crippen MR) is 72.0 cm³/mol. The Hall–Kier alpha value is -1.43. The first-order chi connectivity index (χ1) is 9.07. The summed E-state index contributed by atoms with van der Waals surface area (Å²) in [6.07, 6.45) is 5.55. The summed E-state index contributed by atoms with van der Waals surface area (Å²) in [5.41, 5.74) is 5.49. The van der Waals surface area contributed by atoms with E-state index in [4.69, 9.17) is 5.73 Å². The van der Waals surface area contributed by atoms with Crippen LogP contribution < -0.4 is 11.1 Å². The average Bonchev–Trinajstić information content (AvgIpc) is 2.83. The molecule has 0 atom stereocenters. The van der Waals surface area contributed by atoms with Crippen molar-refractivity contribution in [2.45, 2.75) is 39.2 Å². The SMILES string of the molecule is CC1CCC(CN)(C(=O)NCc2nncn2C)CC1. The van der Waals surface area contributed by atoms with E-state index in [-0.39, 0.29) is 11.3 Å². The number of carbonyl (C=O) groups excluding carboxylic acids is 1. The molecule has 0 aliphatic heterocycles. The van der Waals surface area contributed by atoms with Crippen molar-refractivity contribution in [2.24, 2.45) is 24.1 Å². The van der Waals surface area contributed by atoms with Crippen molar-refractivity contribution in [1.29, 1.82) is 0 Å². The number of nitrogens with two attached hydrogens (primary N) is 1. The molecular weight excluding hydrogens is 242 g/mol. The summed E-state index contributed by atoms with van der Waals surface area (Å²) in [6.45, 7) is 3.06. The first-order valence-corrected chi connectivity index (χ1v) is 6.88. The molecule has 1 aromatic rings. The molecule has 6 nitrogen and oxygen atoms in total.